The molecule has 17 heavy (non-hydrogen) atoms. The minimum absolute atomic E-state index is 0.194. The van der Waals surface area contributed by atoms with Gasteiger partial charge in [0.1, 0.15) is 0 Å². The first-order valence-corrected chi connectivity index (χ1v) is 7.38. The van der Waals surface area contributed by atoms with Crippen LogP contribution < -0.4 is 5.32 Å². The van der Waals surface area contributed by atoms with Crippen molar-refractivity contribution in [3.05, 3.63) is 27.1 Å². The Hall–Kier alpha value is -0.630. The summed E-state index contributed by atoms with van der Waals surface area (Å²) in [4.78, 5) is 10.1. The van der Waals surface area contributed by atoms with E-state index in [9.17, 15) is 10.1 Å². The number of thioether (sulfide) groups is 1. The Morgan fingerprint density at radius 1 is 1.53 bits per heavy atom. The average molecular weight is 276 g/mol. The van der Waals surface area contributed by atoms with Gasteiger partial charge in [-0.2, -0.15) is 11.8 Å². The molecule has 2 N–H and O–H groups in total. The minimum Gasteiger partial charge on any atom is -0.396 e. The van der Waals surface area contributed by atoms with Gasteiger partial charge >= 0.3 is 5.00 Å². The first kappa shape index (κ1) is 14.4. The molecule has 0 saturated heterocycles. The number of aliphatic hydroxyl groups is 1. The van der Waals surface area contributed by atoms with Crippen molar-refractivity contribution in [2.45, 2.75) is 13.0 Å². The molecule has 0 unspecified atom stereocenters. The van der Waals surface area contributed by atoms with E-state index in [2.05, 4.69) is 5.32 Å². The summed E-state index contributed by atoms with van der Waals surface area (Å²) in [7, 11) is 0. The highest BCUT2D eigenvalue weighted by Gasteiger charge is 2.08. The van der Waals surface area contributed by atoms with Gasteiger partial charge in [0, 0.05) is 36.9 Å². The summed E-state index contributed by atoms with van der Waals surface area (Å²) in [6.45, 7) is 1.80. The maximum absolute atomic E-state index is 10.5. The summed E-state index contributed by atoms with van der Waals surface area (Å²) in [6, 6.07) is 1.61. The number of nitrogens with one attached hydrogen (secondary N) is 1. The fourth-order valence-corrected chi connectivity index (χ4v) is 2.75. The van der Waals surface area contributed by atoms with Crippen LogP contribution in [-0.4, -0.2) is 34.7 Å². The van der Waals surface area contributed by atoms with Crippen LogP contribution in [-0.2, 0) is 6.54 Å². The second-order valence-electron chi connectivity index (χ2n) is 3.42. The zero-order chi connectivity index (χ0) is 12.5. The molecule has 1 aromatic heterocycles. The molecule has 0 aliphatic heterocycles. The van der Waals surface area contributed by atoms with Crippen molar-refractivity contribution in [1.82, 2.24) is 5.32 Å². The van der Waals surface area contributed by atoms with E-state index in [1.165, 1.54) is 0 Å². The third-order valence-corrected chi connectivity index (χ3v) is 4.02. The summed E-state index contributed by atoms with van der Waals surface area (Å²) < 4.78 is 0. The molecule has 0 aromatic carbocycles. The van der Waals surface area contributed by atoms with Gasteiger partial charge in [-0.15, -0.1) is 0 Å². The Morgan fingerprint density at radius 3 is 3.00 bits per heavy atom. The Labute approximate surface area is 108 Å². The zero-order valence-electron chi connectivity index (χ0n) is 9.42. The fourth-order valence-electron chi connectivity index (χ4n) is 1.20. The summed E-state index contributed by atoms with van der Waals surface area (Å²) in [6.07, 6.45) is 0.835. The van der Waals surface area contributed by atoms with Gasteiger partial charge < -0.3 is 10.4 Å². The quantitative estimate of drug-likeness (QED) is 0.409. The predicted molar refractivity (Wildman–Crippen MR) is 71.7 cm³/mol. The van der Waals surface area contributed by atoms with E-state index in [1.807, 2.05) is 5.38 Å². The standard InChI is InChI=1S/C10H16N2O3S2/c13-3-1-4-16-5-2-11-7-9-6-10(12(14)15)17-8-9/h6,8,11,13H,1-5,7H2. The SMILES string of the molecule is O=[N+]([O-])c1cc(CNCCSCCCO)cs1. The predicted octanol–water partition coefficient (Wildman–Crippen LogP) is 1.86. The van der Waals surface area contributed by atoms with Gasteiger partial charge in [0.15, 0.2) is 0 Å². The number of nitro groups is 1. The number of rotatable bonds is 9. The molecule has 0 spiro atoms. The van der Waals surface area contributed by atoms with Crippen LogP contribution in [0.25, 0.3) is 0 Å². The molecule has 0 aliphatic rings. The van der Waals surface area contributed by atoms with E-state index >= 15 is 0 Å². The first-order chi connectivity index (χ1) is 8.24. The monoisotopic (exact) mass is 276 g/mol. The highest BCUT2D eigenvalue weighted by molar-refractivity contribution is 7.99. The molecule has 0 saturated carbocycles. The zero-order valence-corrected chi connectivity index (χ0v) is 11.1. The van der Waals surface area contributed by atoms with Gasteiger partial charge in [0.2, 0.25) is 0 Å². The molecule has 0 bridgehead atoms. The summed E-state index contributed by atoms with van der Waals surface area (Å²) in [5.74, 6) is 1.97. The van der Waals surface area contributed by atoms with Gasteiger partial charge in [-0.1, -0.05) is 11.3 Å². The van der Waals surface area contributed by atoms with Crippen LogP contribution in [0.2, 0.25) is 0 Å². The molecule has 7 heteroatoms. The lowest BCUT2D eigenvalue weighted by molar-refractivity contribution is -0.380. The molecule has 0 radical (unpaired) electrons. The van der Waals surface area contributed by atoms with Gasteiger partial charge in [0.25, 0.3) is 0 Å². The molecular formula is C10H16N2O3S2. The van der Waals surface area contributed by atoms with Crippen molar-refractivity contribution >= 4 is 28.1 Å². The third-order valence-electron chi connectivity index (χ3n) is 2.02. The molecule has 0 atom stereocenters. The Bertz CT molecular complexity index is 344. The molecule has 0 aliphatic carbocycles. The first-order valence-electron chi connectivity index (χ1n) is 5.35. The van der Waals surface area contributed by atoms with Crippen LogP contribution in [0.5, 0.6) is 0 Å². The minimum atomic E-state index is -0.362. The van der Waals surface area contributed by atoms with Crippen LogP contribution in [0.1, 0.15) is 12.0 Å². The summed E-state index contributed by atoms with van der Waals surface area (Å²) in [5.41, 5.74) is 0.960. The lowest BCUT2D eigenvalue weighted by Gasteiger charge is -2.02. The Kier molecular flexibility index (Phi) is 7.18. The second kappa shape index (κ2) is 8.46. The fraction of sp³-hybridized carbons (Fsp3) is 0.600. The topological polar surface area (TPSA) is 75.4 Å². The van der Waals surface area contributed by atoms with Crippen molar-refractivity contribution in [2.24, 2.45) is 0 Å². The number of thiophene rings is 1. The molecular weight excluding hydrogens is 260 g/mol. The molecule has 1 aromatic rings. The normalized spacial score (nSPS) is 10.6. The van der Waals surface area contributed by atoms with Gasteiger partial charge in [-0.05, 0) is 17.7 Å². The van der Waals surface area contributed by atoms with E-state index in [0.717, 1.165) is 41.4 Å². The summed E-state index contributed by atoms with van der Waals surface area (Å²) in [5, 5.41) is 24.3. The number of nitrogens with zero attached hydrogens (tertiary/aromatic N) is 1. The maximum Gasteiger partial charge on any atom is 0.324 e. The van der Waals surface area contributed by atoms with Crippen molar-refractivity contribution in [3.8, 4) is 0 Å². The van der Waals surface area contributed by atoms with Crippen molar-refractivity contribution in [3.63, 3.8) is 0 Å². The second-order valence-corrected chi connectivity index (χ2v) is 5.53. The maximum atomic E-state index is 10.5. The average Bonchev–Trinajstić information content (AvgIpc) is 2.77. The molecule has 1 rings (SSSR count). The number of aliphatic hydroxyl groups excluding tert-OH is 1. The van der Waals surface area contributed by atoms with Crippen molar-refractivity contribution in [1.29, 1.82) is 0 Å². The largest absolute Gasteiger partial charge is 0.396 e. The lowest BCUT2D eigenvalue weighted by Crippen LogP contribution is -2.16. The van der Waals surface area contributed by atoms with Crippen LogP contribution in [0.4, 0.5) is 5.00 Å². The van der Waals surface area contributed by atoms with E-state index in [4.69, 9.17) is 5.11 Å². The summed E-state index contributed by atoms with van der Waals surface area (Å²) >= 11 is 2.96. The van der Waals surface area contributed by atoms with Crippen LogP contribution in [0.15, 0.2) is 11.4 Å². The van der Waals surface area contributed by atoms with E-state index in [0.29, 0.717) is 6.54 Å². The molecule has 1 heterocycles. The van der Waals surface area contributed by atoms with Gasteiger partial charge in [0.05, 0.1) is 4.92 Å². The van der Waals surface area contributed by atoms with Crippen molar-refractivity contribution < 1.29 is 10.0 Å². The number of hydrogen-bond acceptors (Lipinski definition) is 6. The molecule has 0 amide bonds. The highest BCUT2D eigenvalue weighted by atomic mass is 32.2. The van der Waals surface area contributed by atoms with Crippen molar-refractivity contribution in [2.75, 3.05) is 24.7 Å². The molecule has 0 fully saturated rings. The van der Waals surface area contributed by atoms with Crippen LogP contribution >= 0.6 is 23.1 Å². The van der Waals surface area contributed by atoms with Gasteiger partial charge in [-0.3, -0.25) is 10.1 Å². The van der Waals surface area contributed by atoms with E-state index in [1.54, 1.807) is 17.8 Å². The smallest absolute Gasteiger partial charge is 0.324 e. The lowest BCUT2D eigenvalue weighted by atomic mass is 10.3. The van der Waals surface area contributed by atoms with Crippen LogP contribution in [0, 0.1) is 10.1 Å². The molecule has 96 valence electrons. The van der Waals surface area contributed by atoms with Crippen LogP contribution in [0.3, 0.4) is 0 Å². The molecule has 5 nitrogen and oxygen atoms in total. The van der Waals surface area contributed by atoms with E-state index in [-0.39, 0.29) is 16.5 Å². The highest BCUT2D eigenvalue weighted by Crippen LogP contribution is 2.22. The number of hydrogen-bond donors (Lipinski definition) is 2. The van der Waals surface area contributed by atoms with Gasteiger partial charge in [-0.25, -0.2) is 0 Å². The Balaban J connectivity index is 2.07. The Morgan fingerprint density at radius 2 is 2.35 bits per heavy atom. The van der Waals surface area contributed by atoms with E-state index < -0.39 is 0 Å². The third kappa shape index (κ3) is 6.02.